The largest absolute Gasteiger partial charge is 0.356 e. The maximum Gasteiger partial charge on any atom is 0.261 e. The third-order valence-corrected chi connectivity index (χ3v) is 5.21. The Morgan fingerprint density at radius 2 is 1.27 bits per heavy atom. The van der Waals surface area contributed by atoms with Crippen molar-refractivity contribution in [3.05, 3.63) is 83.4 Å². The first kappa shape index (κ1) is 17.8. The van der Waals surface area contributed by atoms with Crippen LogP contribution in [0.1, 0.15) is 5.56 Å². The van der Waals surface area contributed by atoms with Gasteiger partial charge < -0.3 is 5.32 Å². The molecule has 3 aromatic carbocycles. The molecule has 3 aromatic rings. The summed E-state index contributed by atoms with van der Waals surface area (Å²) in [6, 6.07) is 21.9. The molecule has 5 nitrogen and oxygen atoms in total. The van der Waals surface area contributed by atoms with E-state index in [1.54, 1.807) is 48.5 Å². The number of hydrogen-bond donors (Lipinski definition) is 2. The lowest BCUT2D eigenvalue weighted by atomic mass is 10.2. The molecular formula is C19H14ClN3O2S. The average Bonchev–Trinajstić information content (AvgIpc) is 2.64. The van der Waals surface area contributed by atoms with Crippen LogP contribution in [0.15, 0.2) is 77.7 Å². The summed E-state index contributed by atoms with van der Waals surface area (Å²) in [6.07, 6.45) is 0. The van der Waals surface area contributed by atoms with Crippen molar-refractivity contribution in [1.29, 1.82) is 5.26 Å². The van der Waals surface area contributed by atoms with Gasteiger partial charge in [0.25, 0.3) is 10.0 Å². The fourth-order valence-electron chi connectivity index (χ4n) is 2.24. The summed E-state index contributed by atoms with van der Waals surface area (Å²) in [5.41, 5.74) is 2.66. The summed E-state index contributed by atoms with van der Waals surface area (Å²) in [5.74, 6) is 0. The van der Waals surface area contributed by atoms with Crippen LogP contribution in [0.25, 0.3) is 0 Å². The van der Waals surface area contributed by atoms with Crippen LogP contribution in [-0.4, -0.2) is 8.42 Å². The molecule has 0 spiro atoms. The SMILES string of the molecule is N#Cc1ccc(Nc2ccc(NS(=O)(=O)c3ccc(Cl)cc3)cc2)cc1. The van der Waals surface area contributed by atoms with Gasteiger partial charge in [-0.2, -0.15) is 5.26 Å². The van der Waals surface area contributed by atoms with Gasteiger partial charge in [0.15, 0.2) is 0 Å². The van der Waals surface area contributed by atoms with Crippen LogP contribution in [0, 0.1) is 11.3 Å². The van der Waals surface area contributed by atoms with E-state index in [9.17, 15) is 8.42 Å². The Kier molecular flexibility index (Phi) is 5.12. The highest BCUT2D eigenvalue weighted by Gasteiger charge is 2.13. The number of nitriles is 1. The Hall–Kier alpha value is -3.01. The summed E-state index contributed by atoms with van der Waals surface area (Å²) in [4.78, 5) is 0.140. The lowest BCUT2D eigenvalue weighted by molar-refractivity contribution is 0.601. The predicted octanol–water partition coefficient (Wildman–Crippen LogP) is 4.76. The van der Waals surface area contributed by atoms with E-state index in [4.69, 9.17) is 16.9 Å². The molecule has 0 aromatic heterocycles. The zero-order chi connectivity index (χ0) is 18.6. The van der Waals surface area contributed by atoms with E-state index in [1.165, 1.54) is 24.3 Å². The van der Waals surface area contributed by atoms with Gasteiger partial charge in [0, 0.05) is 22.1 Å². The first-order valence-corrected chi connectivity index (χ1v) is 9.48. The topological polar surface area (TPSA) is 82.0 Å². The van der Waals surface area contributed by atoms with Crippen molar-refractivity contribution in [1.82, 2.24) is 0 Å². The van der Waals surface area contributed by atoms with Crippen molar-refractivity contribution in [3.8, 4) is 6.07 Å². The van der Waals surface area contributed by atoms with Crippen LogP contribution in [0.2, 0.25) is 5.02 Å². The van der Waals surface area contributed by atoms with Crippen molar-refractivity contribution >= 4 is 38.7 Å². The average molecular weight is 384 g/mol. The van der Waals surface area contributed by atoms with Crippen molar-refractivity contribution < 1.29 is 8.42 Å². The molecule has 0 radical (unpaired) electrons. The molecule has 0 amide bonds. The van der Waals surface area contributed by atoms with E-state index in [0.29, 0.717) is 16.3 Å². The minimum Gasteiger partial charge on any atom is -0.356 e. The Labute approximate surface area is 156 Å². The van der Waals surface area contributed by atoms with Crippen LogP contribution in [0.5, 0.6) is 0 Å². The van der Waals surface area contributed by atoms with Gasteiger partial charge in [-0.1, -0.05) is 11.6 Å². The highest BCUT2D eigenvalue weighted by atomic mass is 35.5. The van der Waals surface area contributed by atoms with Crippen LogP contribution in [-0.2, 0) is 10.0 Å². The third kappa shape index (κ3) is 4.33. The molecule has 0 aliphatic carbocycles. The molecule has 0 saturated heterocycles. The number of benzene rings is 3. The second-order valence-corrected chi connectivity index (χ2v) is 7.57. The maximum atomic E-state index is 12.4. The smallest absolute Gasteiger partial charge is 0.261 e. The number of sulfonamides is 1. The molecule has 26 heavy (non-hydrogen) atoms. The first-order valence-electron chi connectivity index (χ1n) is 7.62. The van der Waals surface area contributed by atoms with Crippen molar-refractivity contribution in [2.24, 2.45) is 0 Å². The molecule has 0 fully saturated rings. The van der Waals surface area contributed by atoms with Crippen LogP contribution in [0.3, 0.4) is 0 Å². The lowest BCUT2D eigenvalue weighted by Crippen LogP contribution is -2.12. The minimum absolute atomic E-state index is 0.140. The zero-order valence-corrected chi connectivity index (χ0v) is 15.1. The number of halogens is 1. The highest BCUT2D eigenvalue weighted by molar-refractivity contribution is 7.92. The third-order valence-electron chi connectivity index (χ3n) is 3.56. The summed E-state index contributed by atoms with van der Waals surface area (Å²) >= 11 is 5.78. The fourth-order valence-corrected chi connectivity index (χ4v) is 3.43. The van der Waals surface area contributed by atoms with Gasteiger partial charge in [-0.25, -0.2) is 8.42 Å². The van der Waals surface area contributed by atoms with E-state index < -0.39 is 10.0 Å². The molecule has 0 bridgehead atoms. The van der Waals surface area contributed by atoms with Crippen molar-refractivity contribution in [2.75, 3.05) is 10.0 Å². The molecule has 3 rings (SSSR count). The Morgan fingerprint density at radius 3 is 1.81 bits per heavy atom. The second-order valence-electron chi connectivity index (χ2n) is 5.45. The van der Waals surface area contributed by atoms with Crippen LogP contribution in [0.4, 0.5) is 17.1 Å². The molecule has 2 N–H and O–H groups in total. The normalized spacial score (nSPS) is 10.8. The Balaban J connectivity index is 1.71. The quantitative estimate of drug-likeness (QED) is 0.665. The van der Waals surface area contributed by atoms with Gasteiger partial charge >= 0.3 is 0 Å². The molecule has 0 aliphatic heterocycles. The van der Waals surface area contributed by atoms with Crippen molar-refractivity contribution in [2.45, 2.75) is 4.90 Å². The van der Waals surface area contributed by atoms with Gasteiger partial charge in [0.2, 0.25) is 0 Å². The first-order chi connectivity index (χ1) is 12.5. The lowest BCUT2D eigenvalue weighted by Gasteiger charge is -2.10. The van der Waals surface area contributed by atoms with Gasteiger partial charge in [0.05, 0.1) is 16.5 Å². The summed E-state index contributed by atoms with van der Waals surface area (Å²) in [5, 5.41) is 12.5. The zero-order valence-electron chi connectivity index (χ0n) is 13.5. The Bertz CT molecular complexity index is 1040. The van der Waals surface area contributed by atoms with E-state index in [2.05, 4.69) is 16.1 Å². The number of rotatable bonds is 5. The standard InChI is InChI=1S/C19H14ClN3O2S/c20-15-3-11-19(12-4-15)26(24,25)23-18-9-7-17(8-10-18)22-16-5-1-14(13-21)2-6-16/h1-12,22-23H. The molecule has 0 heterocycles. The monoisotopic (exact) mass is 383 g/mol. The van der Waals surface area contributed by atoms with Gasteiger partial charge in [-0.05, 0) is 72.8 Å². The van der Waals surface area contributed by atoms with Gasteiger partial charge in [0.1, 0.15) is 0 Å². The maximum absolute atomic E-state index is 12.4. The molecule has 130 valence electrons. The van der Waals surface area contributed by atoms with Crippen molar-refractivity contribution in [3.63, 3.8) is 0 Å². The number of nitrogens with zero attached hydrogens (tertiary/aromatic N) is 1. The molecule has 0 unspecified atom stereocenters. The Morgan fingerprint density at radius 1 is 0.769 bits per heavy atom. The molecule has 0 atom stereocenters. The van der Waals surface area contributed by atoms with E-state index in [0.717, 1.165) is 11.4 Å². The van der Waals surface area contributed by atoms with Crippen LogP contribution >= 0.6 is 11.6 Å². The molecule has 0 saturated carbocycles. The summed E-state index contributed by atoms with van der Waals surface area (Å²) in [6.45, 7) is 0. The van der Waals surface area contributed by atoms with E-state index >= 15 is 0 Å². The van der Waals surface area contributed by atoms with Crippen LogP contribution < -0.4 is 10.0 Å². The summed E-state index contributed by atoms with van der Waals surface area (Å²) in [7, 11) is -3.67. The van der Waals surface area contributed by atoms with E-state index in [1.807, 2.05) is 0 Å². The highest BCUT2D eigenvalue weighted by Crippen LogP contribution is 2.22. The predicted molar refractivity (Wildman–Crippen MR) is 103 cm³/mol. The van der Waals surface area contributed by atoms with Gasteiger partial charge in [-0.3, -0.25) is 4.72 Å². The fraction of sp³-hybridized carbons (Fsp3) is 0. The van der Waals surface area contributed by atoms with E-state index in [-0.39, 0.29) is 4.90 Å². The molecule has 0 aliphatic rings. The number of nitrogens with one attached hydrogen (secondary N) is 2. The second kappa shape index (κ2) is 7.48. The number of anilines is 3. The minimum atomic E-state index is -3.67. The molecule has 7 heteroatoms. The summed E-state index contributed by atoms with van der Waals surface area (Å²) < 4.78 is 27.2. The number of hydrogen-bond acceptors (Lipinski definition) is 4. The molecular weight excluding hydrogens is 370 g/mol. The van der Waals surface area contributed by atoms with Gasteiger partial charge in [-0.15, -0.1) is 0 Å².